The molecule has 0 aliphatic carbocycles. The van der Waals surface area contributed by atoms with Crippen molar-refractivity contribution in [3.05, 3.63) is 48.1 Å². The van der Waals surface area contributed by atoms with E-state index in [4.69, 9.17) is 9.26 Å². The zero-order valence-electron chi connectivity index (χ0n) is 15.8. The minimum atomic E-state index is -0.381. The van der Waals surface area contributed by atoms with E-state index in [-0.39, 0.29) is 5.41 Å². The summed E-state index contributed by atoms with van der Waals surface area (Å²) in [5.74, 6) is 2.78. The van der Waals surface area contributed by atoms with Gasteiger partial charge in [-0.2, -0.15) is 4.98 Å². The Labute approximate surface area is 163 Å². The Hall–Kier alpha value is -3.00. The number of hydrogen-bond donors (Lipinski definition) is 1. The van der Waals surface area contributed by atoms with Crippen molar-refractivity contribution in [3.8, 4) is 17.3 Å². The van der Waals surface area contributed by atoms with Gasteiger partial charge in [-0.3, -0.25) is 0 Å². The third kappa shape index (κ3) is 2.90. The molecule has 2 aromatic heterocycles. The highest BCUT2D eigenvalue weighted by Crippen LogP contribution is 2.42. The number of para-hydroxylation sites is 1. The van der Waals surface area contributed by atoms with E-state index in [1.807, 2.05) is 18.2 Å². The SMILES string of the molecule is CC1(c2nc(-c3cnc(N4CCNCC4)cn3)no2)CCOc2ccccc21. The Bertz CT molecular complexity index is 967. The van der Waals surface area contributed by atoms with E-state index >= 15 is 0 Å². The van der Waals surface area contributed by atoms with Crippen molar-refractivity contribution < 1.29 is 9.26 Å². The molecule has 3 aromatic rings. The van der Waals surface area contributed by atoms with Crippen molar-refractivity contribution in [1.29, 1.82) is 0 Å². The number of nitrogens with zero attached hydrogens (tertiary/aromatic N) is 5. The van der Waals surface area contributed by atoms with Crippen LogP contribution in [0.3, 0.4) is 0 Å². The molecule has 1 fully saturated rings. The molecule has 1 aromatic carbocycles. The predicted octanol–water partition coefficient (Wildman–Crippen LogP) is 2.02. The van der Waals surface area contributed by atoms with Crippen LogP contribution in [0, 0.1) is 0 Å². The summed E-state index contributed by atoms with van der Waals surface area (Å²) in [6.07, 6.45) is 4.27. The van der Waals surface area contributed by atoms with Crippen molar-refractivity contribution >= 4 is 5.82 Å². The standard InChI is InChI=1S/C20H22N6O2/c1-20(6-11-27-16-5-3-2-4-14(16)20)19-24-18(25-28-19)15-12-23-17(13-22-15)26-9-7-21-8-10-26/h2-5,12-13,21H,6-11H2,1H3. The Morgan fingerprint density at radius 3 is 2.79 bits per heavy atom. The van der Waals surface area contributed by atoms with Gasteiger partial charge in [0.05, 0.1) is 24.4 Å². The van der Waals surface area contributed by atoms with E-state index in [0.717, 1.165) is 49.7 Å². The summed E-state index contributed by atoms with van der Waals surface area (Å²) in [4.78, 5) is 15.9. The fourth-order valence-corrected chi connectivity index (χ4v) is 3.82. The molecule has 0 bridgehead atoms. The van der Waals surface area contributed by atoms with Gasteiger partial charge in [-0.05, 0) is 19.4 Å². The van der Waals surface area contributed by atoms with Gasteiger partial charge in [0.15, 0.2) is 0 Å². The first-order valence-electron chi connectivity index (χ1n) is 9.59. The molecule has 8 nitrogen and oxygen atoms in total. The first-order valence-corrected chi connectivity index (χ1v) is 9.59. The number of fused-ring (bicyclic) bond motifs is 1. The second-order valence-electron chi connectivity index (χ2n) is 7.35. The maximum absolute atomic E-state index is 5.78. The van der Waals surface area contributed by atoms with E-state index in [9.17, 15) is 0 Å². The van der Waals surface area contributed by atoms with Gasteiger partial charge in [0.1, 0.15) is 17.3 Å². The van der Waals surface area contributed by atoms with Gasteiger partial charge >= 0.3 is 0 Å². The second-order valence-corrected chi connectivity index (χ2v) is 7.35. The molecule has 1 atom stereocenters. The van der Waals surface area contributed by atoms with Crippen LogP contribution in [0.5, 0.6) is 5.75 Å². The molecule has 0 saturated carbocycles. The molecule has 0 amide bonds. The van der Waals surface area contributed by atoms with Gasteiger partial charge in [-0.1, -0.05) is 23.4 Å². The lowest BCUT2D eigenvalue weighted by molar-refractivity contribution is 0.212. The topological polar surface area (TPSA) is 89.2 Å². The molecule has 0 spiro atoms. The number of ether oxygens (including phenoxy) is 1. The lowest BCUT2D eigenvalue weighted by Gasteiger charge is -2.32. The van der Waals surface area contributed by atoms with Gasteiger partial charge in [0.25, 0.3) is 0 Å². The number of hydrogen-bond acceptors (Lipinski definition) is 8. The molecule has 8 heteroatoms. The number of piperazine rings is 1. The van der Waals surface area contributed by atoms with Gasteiger partial charge in [-0.25, -0.2) is 9.97 Å². The van der Waals surface area contributed by atoms with Crippen LogP contribution in [-0.2, 0) is 5.41 Å². The van der Waals surface area contributed by atoms with E-state index in [1.54, 1.807) is 12.4 Å². The van der Waals surface area contributed by atoms with Gasteiger partial charge in [0, 0.05) is 31.7 Å². The van der Waals surface area contributed by atoms with Crippen LogP contribution in [-0.4, -0.2) is 52.9 Å². The van der Waals surface area contributed by atoms with E-state index in [1.165, 1.54) is 0 Å². The highest BCUT2D eigenvalue weighted by Gasteiger charge is 2.40. The quantitative estimate of drug-likeness (QED) is 0.741. The van der Waals surface area contributed by atoms with Crippen LogP contribution in [0.25, 0.3) is 11.5 Å². The first kappa shape index (κ1) is 17.1. The maximum atomic E-state index is 5.78. The van der Waals surface area contributed by atoms with E-state index in [2.05, 4.69) is 43.3 Å². The lowest BCUT2D eigenvalue weighted by Crippen LogP contribution is -2.43. The van der Waals surface area contributed by atoms with Gasteiger partial charge < -0.3 is 19.5 Å². The summed E-state index contributed by atoms with van der Waals surface area (Å²) in [5.41, 5.74) is 1.29. The number of rotatable bonds is 3. The highest BCUT2D eigenvalue weighted by molar-refractivity contribution is 5.51. The summed E-state index contributed by atoms with van der Waals surface area (Å²) in [5, 5.41) is 7.50. The Kier molecular flexibility index (Phi) is 4.20. The number of nitrogens with one attached hydrogen (secondary N) is 1. The van der Waals surface area contributed by atoms with Crippen LogP contribution < -0.4 is 15.0 Å². The van der Waals surface area contributed by atoms with Gasteiger partial charge in [0.2, 0.25) is 11.7 Å². The molecular weight excluding hydrogens is 356 g/mol. The average Bonchev–Trinajstić information content (AvgIpc) is 3.26. The number of aromatic nitrogens is 4. The van der Waals surface area contributed by atoms with Gasteiger partial charge in [-0.15, -0.1) is 0 Å². The van der Waals surface area contributed by atoms with Crippen molar-refractivity contribution in [1.82, 2.24) is 25.4 Å². The Morgan fingerprint density at radius 1 is 1.11 bits per heavy atom. The van der Waals surface area contributed by atoms with Crippen molar-refractivity contribution in [3.63, 3.8) is 0 Å². The van der Waals surface area contributed by atoms with Crippen LogP contribution in [0.2, 0.25) is 0 Å². The van der Waals surface area contributed by atoms with Crippen LogP contribution in [0.4, 0.5) is 5.82 Å². The summed E-state index contributed by atoms with van der Waals surface area (Å²) in [6.45, 7) is 6.51. The molecular formula is C20H22N6O2. The first-order chi connectivity index (χ1) is 13.7. The summed E-state index contributed by atoms with van der Waals surface area (Å²) in [7, 11) is 0. The fourth-order valence-electron chi connectivity index (χ4n) is 3.82. The third-order valence-corrected chi connectivity index (χ3v) is 5.55. The molecule has 2 aliphatic heterocycles. The largest absolute Gasteiger partial charge is 0.493 e. The highest BCUT2D eigenvalue weighted by atomic mass is 16.5. The molecule has 1 unspecified atom stereocenters. The molecule has 4 heterocycles. The monoisotopic (exact) mass is 378 g/mol. The molecule has 1 saturated heterocycles. The predicted molar refractivity (Wildman–Crippen MR) is 103 cm³/mol. The zero-order valence-corrected chi connectivity index (χ0v) is 15.8. The second kappa shape index (κ2) is 6.87. The Balaban J connectivity index is 1.42. The zero-order chi connectivity index (χ0) is 19.0. The molecule has 5 rings (SSSR count). The summed E-state index contributed by atoms with van der Waals surface area (Å²) < 4.78 is 11.4. The maximum Gasteiger partial charge on any atom is 0.237 e. The normalized spacial score (nSPS) is 21.8. The molecule has 144 valence electrons. The number of anilines is 1. The molecule has 1 N–H and O–H groups in total. The molecule has 0 radical (unpaired) electrons. The minimum Gasteiger partial charge on any atom is -0.493 e. The van der Waals surface area contributed by atoms with Crippen molar-refractivity contribution in [2.75, 3.05) is 37.7 Å². The summed E-state index contributed by atoms with van der Waals surface area (Å²) >= 11 is 0. The molecule has 28 heavy (non-hydrogen) atoms. The van der Waals surface area contributed by atoms with E-state index in [0.29, 0.717) is 24.0 Å². The van der Waals surface area contributed by atoms with Crippen LogP contribution >= 0.6 is 0 Å². The minimum absolute atomic E-state index is 0.381. The van der Waals surface area contributed by atoms with Crippen molar-refractivity contribution in [2.24, 2.45) is 0 Å². The smallest absolute Gasteiger partial charge is 0.237 e. The molecule has 2 aliphatic rings. The average molecular weight is 378 g/mol. The van der Waals surface area contributed by atoms with Crippen LogP contribution in [0.15, 0.2) is 41.2 Å². The number of benzene rings is 1. The van der Waals surface area contributed by atoms with Crippen molar-refractivity contribution in [2.45, 2.75) is 18.8 Å². The lowest BCUT2D eigenvalue weighted by atomic mass is 9.77. The third-order valence-electron chi connectivity index (χ3n) is 5.55. The van der Waals surface area contributed by atoms with Crippen LogP contribution in [0.1, 0.15) is 24.8 Å². The Morgan fingerprint density at radius 2 is 1.96 bits per heavy atom. The summed E-state index contributed by atoms with van der Waals surface area (Å²) in [6, 6.07) is 8.01. The fraction of sp³-hybridized carbons (Fsp3) is 0.400. The van der Waals surface area contributed by atoms with E-state index < -0.39 is 0 Å².